The lowest BCUT2D eigenvalue weighted by Crippen LogP contribution is -2.36. The number of likely N-dealkylation sites (tertiary alicyclic amines) is 3. The Kier molecular flexibility index (Phi) is 25.7. The minimum absolute atomic E-state index is 0.00841. The van der Waals surface area contributed by atoms with Gasteiger partial charge in [0.2, 0.25) is 23.6 Å². The number of benzene rings is 1. The normalized spacial score (nSPS) is 24.1. The van der Waals surface area contributed by atoms with Crippen molar-refractivity contribution < 1.29 is 38.6 Å². The van der Waals surface area contributed by atoms with Crippen molar-refractivity contribution in [2.45, 2.75) is 294 Å². The van der Waals surface area contributed by atoms with Crippen LogP contribution < -0.4 is 5.32 Å². The molecule has 24 heteroatoms. The summed E-state index contributed by atoms with van der Waals surface area (Å²) in [6.45, 7) is 16.0. The van der Waals surface area contributed by atoms with Crippen LogP contribution in [0.2, 0.25) is 0 Å². The second-order valence-electron chi connectivity index (χ2n) is 30.4. The van der Waals surface area contributed by atoms with E-state index in [1.54, 1.807) is 23.6 Å². The van der Waals surface area contributed by atoms with Crippen LogP contribution in [0.25, 0.3) is 0 Å². The highest BCUT2D eigenvalue weighted by atomic mass is 35.6. The van der Waals surface area contributed by atoms with Gasteiger partial charge in [0.1, 0.15) is 41.2 Å². The number of anilines is 1. The molecular formula is C73H108Cl3N13O8. The number of rotatable bonds is 19. The summed E-state index contributed by atoms with van der Waals surface area (Å²) in [4.78, 5) is 80.8. The zero-order valence-corrected chi connectivity index (χ0v) is 61.1. The topological polar surface area (TPSA) is 246 Å². The van der Waals surface area contributed by atoms with Gasteiger partial charge in [-0.1, -0.05) is 149 Å². The van der Waals surface area contributed by atoms with Gasteiger partial charge in [-0.3, -0.25) is 28.8 Å². The highest BCUT2D eigenvalue weighted by Gasteiger charge is 2.50. The SMILES string of the molecule is CC(=O)N1CC[C@H](C(=O)Nc2ccc(C)cc2C)[C@H]1c1nnc(CCC2CCCCC2)n1C1CC1.CC(=O)N1CC[C@H](C(=O)O)[C@H]1c1nnc(CCC2CCCCC2)n1C1CC1.CC(=O)N1CC[C@H](C(=O)OC(C)(C)C)[C@H]1c1nnc(CCC2CCCCC2)n1C1CC1.ClC(Cl)Cl. The van der Waals surface area contributed by atoms with Crippen molar-refractivity contribution in [2.24, 2.45) is 35.5 Å². The molecular weight excluding hydrogens is 1290 g/mol. The molecule has 6 saturated carbocycles. The first-order valence-corrected chi connectivity index (χ1v) is 38.2. The summed E-state index contributed by atoms with van der Waals surface area (Å²) in [5.74, 6) is 5.10. The first kappa shape index (κ1) is 74.0. The Bertz CT molecular complexity index is 3310. The Hall–Kier alpha value is -5.67. The highest BCUT2D eigenvalue weighted by molar-refractivity contribution is 6.63. The van der Waals surface area contributed by atoms with Crippen molar-refractivity contribution in [1.82, 2.24) is 59.0 Å². The van der Waals surface area contributed by atoms with E-state index in [4.69, 9.17) is 39.5 Å². The third-order valence-electron chi connectivity index (χ3n) is 21.8. The number of carboxylic acid groups (broad SMARTS) is 1. The van der Waals surface area contributed by atoms with Crippen LogP contribution in [0.3, 0.4) is 0 Å². The van der Waals surface area contributed by atoms with Gasteiger partial charge >= 0.3 is 11.9 Å². The van der Waals surface area contributed by atoms with E-state index in [2.05, 4.69) is 55.7 Å². The summed E-state index contributed by atoms with van der Waals surface area (Å²) < 4.78 is 11.7. The first-order valence-electron chi connectivity index (χ1n) is 36.8. The molecule has 0 spiro atoms. The lowest BCUT2D eigenvalue weighted by Gasteiger charge is -2.28. The molecule has 1 aromatic carbocycles. The number of hydrogen-bond acceptors (Lipinski definition) is 13. The van der Waals surface area contributed by atoms with Crippen LogP contribution >= 0.6 is 34.8 Å². The molecule has 3 aromatic heterocycles. The Morgan fingerprint density at radius 3 is 1.18 bits per heavy atom. The van der Waals surface area contributed by atoms with Gasteiger partial charge in [0.15, 0.2) is 21.8 Å². The highest BCUT2D eigenvalue weighted by Crippen LogP contribution is 2.48. The number of amides is 4. The van der Waals surface area contributed by atoms with E-state index in [1.165, 1.54) is 109 Å². The van der Waals surface area contributed by atoms with E-state index in [9.17, 15) is 33.9 Å². The molecule has 9 fully saturated rings. The number of aromatic nitrogens is 9. The molecule has 0 radical (unpaired) electrons. The molecule has 6 aliphatic carbocycles. The summed E-state index contributed by atoms with van der Waals surface area (Å²) in [5.41, 5.74) is 2.49. The van der Waals surface area contributed by atoms with Crippen molar-refractivity contribution in [3.63, 3.8) is 0 Å². The molecule has 21 nitrogen and oxygen atoms in total. The predicted molar refractivity (Wildman–Crippen MR) is 374 cm³/mol. The van der Waals surface area contributed by atoms with Crippen LogP contribution in [0.4, 0.5) is 5.69 Å². The fourth-order valence-corrected chi connectivity index (χ4v) is 16.5. The van der Waals surface area contributed by atoms with Crippen LogP contribution in [0, 0.1) is 49.4 Å². The van der Waals surface area contributed by atoms with Crippen molar-refractivity contribution in [3.05, 3.63) is 64.3 Å². The number of hydrogen-bond donors (Lipinski definition) is 2. The van der Waals surface area contributed by atoms with Gasteiger partial charge in [0, 0.05) is 83.5 Å². The van der Waals surface area contributed by atoms with Crippen LogP contribution in [-0.4, -0.2) is 129 Å². The van der Waals surface area contributed by atoms with Gasteiger partial charge in [-0.2, -0.15) is 0 Å². The van der Waals surface area contributed by atoms with E-state index < -0.39 is 33.7 Å². The van der Waals surface area contributed by atoms with Crippen molar-refractivity contribution in [2.75, 3.05) is 25.0 Å². The molecule has 13 rings (SSSR count). The molecule has 3 saturated heterocycles. The van der Waals surface area contributed by atoms with E-state index in [0.717, 1.165) is 135 Å². The zero-order chi connectivity index (χ0) is 69.2. The minimum Gasteiger partial charge on any atom is -0.481 e. The van der Waals surface area contributed by atoms with E-state index in [0.29, 0.717) is 62.8 Å². The summed E-state index contributed by atoms with van der Waals surface area (Å²) in [7, 11) is 0. The fourth-order valence-electron chi connectivity index (χ4n) is 16.5. The largest absolute Gasteiger partial charge is 0.481 e. The number of esters is 1. The number of aliphatic carboxylic acids is 1. The van der Waals surface area contributed by atoms with Gasteiger partial charge < -0.3 is 43.6 Å². The molecule has 0 bridgehead atoms. The van der Waals surface area contributed by atoms with Gasteiger partial charge in [-0.05, 0) is 141 Å². The predicted octanol–water partition coefficient (Wildman–Crippen LogP) is 14.8. The van der Waals surface area contributed by atoms with Crippen molar-refractivity contribution >= 4 is 76.1 Å². The molecule has 2 N–H and O–H groups in total. The summed E-state index contributed by atoms with van der Waals surface area (Å²) in [5, 5.41) is 40.2. The van der Waals surface area contributed by atoms with E-state index >= 15 is 0 Å². The number of halogens is 3. The molecule has 3 aliphatic heterocycles. The van der Waals surface area contributed by atoms with Gasteiger partial charge in [-0.15, -0.1) is 30.6 Å². The van der Waals surface area contributed by atoms with E-state index in [-0.39, 0.29) is 47.6 Å². The first-order chi connectivity index (χ1) is 46.5. The van der Waals surface area contributed by atoms with Crippen LogP contribution in [0.1, 0.15) is 297 Å². The maximum absolute atomic E-state index is 13.5. The number of carbonyl (C=O) groups is 6. The molecule has 4 aromatic rings. The zero-order valence-electron chi connectivity index (χ0n) is 58.9. The third-order valence-corrected chi connectivity index (χ3v) is 21.8. The number of carbonyl (C=O) groups excluding carboxylic acids is 5. The molecule has 0 unspecified atom stereocenters. The third kappa shape index (κ3) is 19.5. The standard InChI is InChI=1S/C28H39N5O2.C24H38N4O3.C20H30N4O3.CHCl3/c1-18-9-13-24(19(2)17-18)29-28(35)23-15-16-32(20(3)34)26(23)27-31-30-25(33(27)22-11-12-22)14-10-21-7-5-4-6-8-21;1-16(29)27-15-14-19(23(30)31-24(2,3)4)21(27)22-26-25-20(28(22)18-11-12-18)13-10-17-8-6-5-7-9-17;1-13(25)23-12-11-16(20(26)27)18(23)19-22-21-17(24(19)15-8-9-15)10-7-14-5-3-2-4-6-14;2-1(3)4/h9,13,17,21-23,26H,4-8,10-12,14-16H2,1-3H3,(H,29,35);17-19,21H,5-15H2,1-4H3;14-16,18H,2-12H2,1H3,(H,26,27);1H/t23-,26-;19-,21-;16-,18-;/m000./s1. The van der Waals surface area contributed by atoms with Crippen LogP contribution in [0.5, 0.6) is 0 Å². The quantitative estimate of drug-likeness (QED) is 0.0655. The van der Waals surface area contributed by atoms with Crippen molar-refractivity contribution in [1.29, 1.82) is 0 Å². The maximum Gasteiger partial charge on any atom is 0.312 e. The molecule has 534 valence electrons. The Labute approximate surface area is 589 Å². The number of ether oxygens (including phenoxy) is 1. The monoisotopic (exact) mass is 1400 g/mol. The average Bonchev–Trinajstić information content (AvgIpc) is 1.62. The molecule has 6 atom stereocenters. The molecule has 97 heavy (non-hydrogen) atoms. The number of nitrogens with zero attached hydrogens (tertiary/aromatic N) is 12. The van der Waals surface area contributed by atoms with Crippen LogP contribution in [0.15, 0.2) is 18.2 Å². The van der Waals surface area contributed by atoms with Gasteiger partial charge in [-0.25, -0.2) is 0 Å². The number of aryl methyl sites for hydroxylation is 5. The second kappa shape index (κ2) is 33.7. The average molecular weight is 1400 g/mol. The van der Waals surface area contributed by atoms with Gasteiger partial charge in [0.25, 0.3) is 0 Å². The smallest absolute Gasteiger partial charge is 0.312 e. The lowest BCUT2D eigenvalue weighted by atomic mass is 9.86. The molecule has 4 amide bonds. The number of nitrogens with one attached hydrogen (secondary N) is 1. The second-order valence-corrected chi connectivity index (χ2v) is 32.4. The summed E-state index contributed by atoms with van der Waals surface area (Å²) in [6.07, 6.45) is 34.6. The Morgan fingerprint density at radius 1 is 0.505 bits per heavy atom. The number of carboxylic acids is 1. The fraction of sp³-hybridized carbons (Fsp3) is 0.753. The minimum atomic E-state index is -0.849. The molecule has 6 heterocycles. The Balaban J connectivity index is 0.000000155. The van der Waals surface area contributed by atoms with Gasteiger partial charge in [0.05, 0.1) is 17.8 Å². The van der Waals surface area contributed by atoms with Crippen LogP contribution in [-0.2, 0) is 52.8 Å². The maximum atomic E-state index is 13.5. The Morgan fingerprint density at radius 2 is 0.845 bits per heavy atom. The molecule has 9 aliphatic rings. The number of alkyl halides is 3. The summed E-state index contributed by atoms with van der Waals surface area (Å²) >= 11 is 14.4. The lowest BCUT2D eigenvalue weighted by molar-refractivity contribution is -0.161. The van der Waals surface area contributed by atoms with E-state index in [1.807, 2.05) is 51.7 Å². The van der Waals surface area contributed by atoms with Crippen molar-refractivity contribution in [3.8, 4) is 0 Å². The summed E-state index contributed by atoms with van der Waals surface area (Å²) in [6, 6.07) is 5.99.